The second-order valence-electron chi connectivity index (χ2n) is 2.84. The van der Waals surface area contributed by atoms with Gasteiger partial charge in [-0.3, -0.25) is 14.4 Å². The first-order chi connectivity index (χ1) is 7.51. The topological polar surface area (TPSA) is 122 Å². The van der Waals surface area contributed by atoms with Gasteiger partial charge < -0.3 is 21.5 Å². The molecule has 0 bridgehead atoms. The minimum absolute atomic E-state index is 0.0306. The Morgan fingerprint density at radius 2 is 2.06 bits per heavy atom. The molecule has 0 rings (SSSR count). The van der Waals surface area contributed by atoms with Crippen LogP contribution in [0.15, 0.2) is 0 Å². The van der Waals surface area contributed by atoms with E-state index in [9.17, 15) is 14.4 Å². The maximum atomic E-state index is 11.4. The highest BCUT2D eigenvalue weighted by atomic mass is 16.4. The third kappa shape index (κ3) is 5.62. The summed E-state index contributed by atoms with van der Waals surface area (Å²) in [6, 6.07) is -0.958. The number of amides is 2. The molecule has 0 aromatic rings. The third-order valence-electron chi connectivity index (χ3n) is 1.57. The van der Waals surface area contributed by atoms with Crippen LogP contribution in [0, 0.1) is 12.3 Å². The van der Waals surface area contributed by atoms with Crippen molar-refractivity contribution in [1.29, 1.82) is 0 Å². The minimum atomic E-state index is -1.18. The minimum Gasteiger partial charge on any atom is -0.480 e. The molecule has 0 aliphatic carbocycles. The lowest BCUT2D eigenvalue weighted by atomic mass is 10.2. The summed E-state index contributed by atoms with van der Waals surface area (Å²) >= 11 is 0. The average Bonchev–Trinajstić information content (AvgIpc) is 2.24. The van der Waals surface area contributed by atoms with E-state index in [0.29, 0.717) is 0 Å². The van der Waals surface area contributed by atoms with Crippen LogP contribution in [0.5, 0.6) is 0 Å². The molecule has 0 radical (unpaired) electrons. The smallest absolute Gasteiger partial charge is 0.322 e. The van der Waals surface area contributed by atoms with Crippen LogP contribution < -0.4 is 16.4 Å². The van der Waals surface area contributed by atoms with Gasteiger partial charge in [0.25, 0.3) is 0 Å². The quantitative estimate of drug-likeness (QED) is 0.379. The number of hydrogen-bond acceptors (Lipinski definition) is 4. The molecule has 0 spiro atoms. The highest BCUT2D eigenvalue weighted by molar-refractivity contribution is 5.90. The highest BCUT2D eigenvalue weighted by Gasteiger charge is 2.19. The van der Waals surface area contributed by atoms with Crippen LogP contribution in [-0.4, -0.2) is 42.0 Å². The van der Waals surface area contributed by atoms with Crippen LogP contribution in [0.4, 0.5) is 0 Å². The van der Waals surface area contributed by atoms with Gasteiger partial charge in [0.1, 0.15) is 12.6 Å². The molecule has 16 heavy (non-hydrogen) atoms. The molecule has 0 aromatic heterocycles. The Morgan fingerprint density at radius 3 is 2.50 bits per heavy atom. The molecule has 0 fully saturated rings. The van der Waals surface area contributed by atoms with Gasteiger partial charge in [0.05, 0.1) is 6.54 Å². The Morgan fingerprint density at radius 1 is 1.44 bits per heavy atom. The largest absolute Gasteiger partial charge is 0.480 e. The number of terminal acetylenes is 1. The molecule has 5 N–H and O–H groups in total. The van der Waals surface area contributed by atoms with E-state index in [1.54, 1.807) is 0 Å². The van der Waals surface area contributed by atoms with E-state index in [0.717, 1.165) is 0 Å². The SMILES string of the molecule is C#CC[C@H](NC(=O)CN)C(=O)NCC(=O)O. The number of nitrogens with two attached hydrogens (primary N) is 1. The third-order valence-corrected chi connectivity index (χ3v) is 1.57. The molecule has 7 heteroatoms. The van der Waals surface area contributed by atoms with Gasteiger partial charge in [-0.25, -0.2) is 0 Å². The fraction of sp³-hybridized carbons (Fsp3) is 0.444. The molecule has 0 aliphatic heterocycles. The first-order valence-electron chi connectivity index (χ1n) is 4.43. The van der Waals surface area contributed by atoms with Gasteiger partial charge in [0, 0.05) is 6.42 Å². The molecule has 88 valence electrons. The monoisotopic (exact) mass is 227 g/mol. The van der Waals surface area contributed by atoms with Crippen molar-refractivity contribution in [3.05, 3.63) is 0 Å². The van der Waals surface area contributed by atoms with Crippen LogP contribution in [0.1, 0.15) is 6.42 Å². The lowest BCUT2D eigenvalue weighted by Crippen LogP contribution is -2.49. The predicted molar refractivity (Wildman–Crippen MR) is 55.1 cm³/mol. The van der Waals surface area contributed by atoms with Crippen LogP contribution >= 0.6 is 0 Å². The molecule has 0 heterocycles. The van der Waals surface area contributed by atoms with Crippen molar-refractivity contribution in [2.75, 3.05) is 13.1 Å². The summed E-state index contributed by atoms with van der Waals surface area (Å²) in [5.74, 6) is -0.168. The number of hydrogen-bond donors (Lipinski definition) is 4. The van der Waals surface area contributed by atoms with Crippen molar-refractivity contribution in [3.63, 3.8) is 0 Å². The lowest BCUT2D eigenvalue weighted by molar-refractivity contribution is -0.138. The van der Waals surface area contributed by atoms with Gasteiger partial charge in [0.15, 0.2) is 0 Å². The van der Waals surface area contributed by atoms with E-state index in [-0.39, 0.29) is 13.0 Å². The number of carbonyl (C=O) groups excluding carboxylic acids is 2. The number of rotatable bonds is 6. The fourth-order valence-corrected chi connectivity index (χ4v) is 0.866. The molecule has 0 unspecified atom stereocenters. The van der Waals surface area contributed by atoms with Crippen LogP contribution in [-0.2, 0) is 14.4 Å². The molecular formula is C9H13N3O4. The van der Waals surface area contributed by atoms with E-state index >= 15 is 0 Å². The normalized spacial score (nSPS) is 11.0. The summed E-state index contributed by atoms with van der Waals surface area (Å²) in [4.78, 5) is 32.5. The maximum Gasteiger partial charge on any atom is 0.322 e. The average molecular weight is 227 g/mol. The van der Waals surface area contributed by atoms with Crippen LogP contribution in [0.3, 0.4) is 0 Å². The van der Waals surface area contributed by atoms with Crippen molar-refractivity contribution in [2.24, 2.45) is 5.73 Å². The van der Waals surface area contributed by atoms with Gasteiger partial charge in [-0.05, 0) is 0 Å². The van der Waals surface area contributed by atoms with Crippen molar-refractivity contribution >= 4 is 17.8 Å². The van der Waals surface area contributed by atoms with Gasteiger partial charge in [0.2, 0.25) is 11.8 Å². The lowest BCUT2D eigenvalue weighted by Gasteiger charge is -2.14. The molecule has 7 nitrogen and oxygen atoms in total. The number of carboxylic acid groups (broad SMARTS) is 1. The summed E-state index contributed by atoms with van der Waals surface area (Å²) in [5, 5.41) is 12.7. The zero-order valence-electron chi connectivity index (χ0n) is 8.53. The molecule has 1 atom stereocenters. The molecule has 0 aromatic carbocycles. The summed E-state index contributed by atoms with van der Waals surface area (Å²) < 4.78 is 0. The zero-order chi connectivity index (χ0) is 12.6. The Kier molecular flexibility index (Phi) is 6.31. The summed E-state index contributed by atoms with van der Waals surface area (Å²) in [6.07, 6.45) is 4.98. The molecule has 2 amide bonds. The van der Waals surface area contributed by atoms with Crippen LogP contribution in [0.2, 0.25) is 0 Å². The molecule has 0 aliphatic rings. The Labute approximate surface area is 92.4 Å². The van der Waals surface area contributed by atoms with Crippen LogP contribution in [0.25, 0.3) is 0 Å². The molecule has 0 saturated carbocycles. The summed E-state index contributed by atoms with van der Waals surface area (Å²) in [5.41, 5.74) is 5.05. The van der Waals surface area contributed by atoms with Crippen molar-refractivity contribution < 1.29 is 19.5 Å². The van der Waals surface area contributed by atoms with Gasteiger partial charge >= 0.3 is 5.97 Å². The Bertz CT molecular complexity index is 321. The summed E-state index contributed by atoms with van der Waals surface area (Å²) in [7, 11) is 0. The Balaban J connectivity index is 4.29. The second kappa shape index (κ2) is 7.25. The Hall–Kier alpha value is -2.07. The van der Waals surface area contributed by atoms with Gasteiger partial charge in [-0.1, -0.05) is 0 Å². The van der Waals surface area contributed by atoms with Crippen molar-refractivity contribution in [3.8, 4) is 12.3 Å². The highest BCUT2D eigenvalue weighted by Crippen LogP contribution is 1.90. The van der Waals surface area contributed by atoms with E-state index in [2.05, 4.69) is 16.6 Å². The number of aliphatic carboxylic acids is 1. The number of carboxylic acids is 1. The van der Waals surface area contributed by atoms with E-state index < -0.39 is 30.4 Å². The molecule has 0 saturated heterocycles. The maximum absolute atomic E-state index is 11.4. The van der Waals surface area contributed by atoms with Gasteiger partial charge in [-0.2, -0.15) is 0 Å². The second-order valence-corrected chi connectivity index (χ2v) is 2.84. The van der Waals surface area contributed by atoms with E-state index in [4.69, 9.17) is 17.3 Å². The van der Waals surface area contributed by atoms with Crippen molar-refractivity contribution in [2.45, 2.75) is 12.5 Å². The zero-order valence-corrected chi connectivity index (χ0v) is 8.53. The van der Waals surface area contributed by atoms with Crippen molar-refractivity contribution in [1.82, 2.24) is 10.6 Å². The first-order valence-corrected chi connectivity index (χ1v) is 4.43. The number of carbonyl (C=O) groups is 3. The molecular weight excluding hydrogens is 214 g/mol. The van der Waals surface area contributed by atoms with E-state index in [1.165, 1.54) is 0 Å². The number of nitrogens with one attached hydrogen (secondary N) is 2. The first kappa shape index (κ1) is 13.9. The summed E-state index contributed by atoms with van der Waals surface area (Å²) in [6.45, 7) is -0.800. The predicted octanol–water partition coefficient (Wildman–Crippen LogP) is -2.35. The fourth-order valence-electron chi connectivity index (χ4n) is 0.866. The standard InChI is InChI=1S/C9H13N3O4/c1-2-3-6(12-7(13)4-10)9(16)11-5-8(14)15/h1,6H,3-5,10H2,(H,11,16)(H,12,13)(H,14,15)/t6-/m0/s1. The van der Waals surface area contributed by atoms with Gasteiger partial charge in [-0.15, -0.1) is 12.3 Å². The van der Waals surface area contributed by atoms with E-state index in [1.807, 2.05) is 0 Å².